The lowest BCUT2D eigenvalue weighted by atomic mass is 9.86. The number of benzene rings is 1. The molecule has 3 atom stereocenters. The van der Waals surface area contributed by atoms with Crippen molar-refractivity contribution in [2.45, 2.75) is 45.8 Å². The molecule has 1 aliphatic heterocycles. The minimum absolute atomic E-state index is 0.0250. The zero-order chi connectivity index (χ0) is 22.9. The summed E-state index contributed by atoms with van der Waals surface area (Å²) in [7, 11) is 5.99. The molecule has 1 aliphatic rings. The summed E-state index contributed by atoms with van der Waals surface area (Å²) in [6.07, 6.45) is 3.51. The predicted octanol–water partition coefficient (Wildman–Crippen LogP) is 3.43. The molecule has 1 aromatic heterocycles. The van der Waals surface area contributed by atoms with Crippen molar-refractivity contribution in [3.63, 3.8) is 0 Å². The molecular weight excluding hydrogens is 394 g/mol. The molecule has 168 valence electrons. The lowest BCUT2D eigenvalue weighted by molar-refractivity contribution is -0.129. The van der Waals surface area contributed by atoms with Crippen LogP contribution in [-0.2, 0) is 11.3 Å². The van der Waals surface area contributed by atoms with Gasteiger partial charge in [0, 0.05) is 42.9 Å². The van der Waals surface area contributed by atoms with Crippen molar-refractivity contribution in [2.24, 2.45) is 0 Å². The van der Waals surface area contributed by atoms with Crippen molar-refractivity contribution < 1.29 is 14.7 Å². The summed E-state index contributed by atoms with van der Waals surface area (Å²) in [6, 6.07) is 5.73. The molecule has 0 saturated heterocycles. The fourth-order valence-electron chi connectivity index (χ4n) is 4.52. The molecule has 2 heterocycles. The third-order valence-corrected chi connectivity index (χ3v) is 6.69. The minimum Gasteiger partial charge on any atom is -0.465 e. The van der Waals surface area contributed by atoms with E-state index in [0.29, 0.717) is 13.0 Å². The van der Waals surface area contributed by atoms with Crippen LogP contribution in [-0.4, -0.2) is 77.0 Å². The fourth-order valence-corrected chi connectivity index (χ4v) is 4.52. The van der Waals surface area contributed by atoms with Crippen molar-refractivity contribution in [3.8, 4) is 11.1 Å². The van der Waals surface area contributed by atoms with E-state index < -0.39 is 6.09 Å². The summed E-state index contributed by atoms with van der Waals surface area (Å²) in [5.74, 6) is 0.0508. The van der Waals surface area contributed by atoms with Gasteiger partial charge in [0.25, 0.3) is 0 Å². The fraction of sp³-hybridized carbons (Fsp3) is 0.522. The van der Waals surface area contributed by atoms with Gasteiger partial charge in [0.05, 0.1) is 38.8 Å². The number of amides is 2. The summed E-state index contributed by atoms with van der Waals surface area (Å²) in [5, 5.41) is 14.3. The molecule has 2 aromatic rings. The van der Waals surface area contributed by atoms with Crippen LogP contribution in [0, 0.1) is 0 Å². The number of aromatic nitrogens is 2. The number of fused-ring (bicyclic) bond motifs is 1. The number of carboxylic acid groups (broad SMARTS) is 1. The van der Waals surface area contributed by atoms with Crippen LogP contribution >= 0.6 is 0 Å². The Labute approximate surface area is 184 Å². The maximum absolute atomic E-state index is 12.7. The Balaban J connectivity index is 2.08. The first-order valence-corrected chi connectivity index (χ1v) is 10.8. The van der Waals surface area contributed by atoms with Crippen LogP contribution in [0.3, 0.4) is 0 Å². The molecule has 2 amide bonds. The highest BCUT2D eigenvalue weighted by Gasteiger charge is 2.47. The van der Waals surface area contributed by atoms with Gasteiger partial charge in [0.2, 0.25) is 0 Å². The quantitative estimate of drug-likeness (QED) is 0.713. The van der Waals surface area contributed by atoms with Gasteiger partial charge in [-0.15, -0.1) is 0 Å². The zero-order valence-corrected chi connectivity index (χ0v) is 19.4. The van der Waals surface area contributed by atoms with Gasteiger partial charge in [-0.1, -0.05) is 0 Å². The average molecular weight is 429 g/mol. The van der Waals surface area contributed by atoms with Gasteiger partial charge in [0.15, 0.2) is 0 Å². The third kappa shape index (κ3) is 4.22. The van der Waals surface area contributed by atoms with Crippen molar-refractivity contribution in [2.75, 3.05) is 34.2 Å². The Kier molecular flexibility index (Phi) is 6.52. The molecular formula is C23H34N5O3+. The van der Waals surface area contributed by atoms with Crippen LogP contribution in [0.4, 0.5) is 10.5 Å². The number of likely N-dealkylation sites (N-methyl/N-ethyl adjacent to an activating group) is 1. The molecule has 0 fully saturated rings. The van der Waals surface area contributed by atoms with Gasteiger partial charge < -0.3 is 14.9 Å². The van der Waals surface area contributed by atoms with Crippen LogP contribution < -0.4 is 4.48 Å². The second-order valence-electron chi connectivity index (χ2n) is 8.83. The van der Waals surface area contributed by atoms with Crippen molar-refractivity contribution >= 4 is 17.7 Å². The Hall–Kier alpha value is -2.71. The highest BCUT2D eigenvalue weighted by atomic mass is 16.4. The van der Waals surface area contributed by atoms with Gasteiger partial charge in [0.1, 0.15) is 5.69 Å². The topological polar surface area (TPSA) is 78.7 Å². The highest BCUT2D eigenvalue weighted by Crippen LogP contribution is 2.45. The van der Waals surface area contributed by atoms with Crippen LogP contribution in [0.2, 0.25) is 0 Å². The number of nitrogens with zero attached hydrogens (tertiary/aromatic N) is 5. The molecule has 31 heavy (non-hydrogen) atoms. The molecule has 0 aliphatic carbocycles. The van der Waals surface area contributed by atoms with E-state index in [-0.39, 0.29) is 22.5 Å². The zero-order valence-electron chi connectivity index (χ0n) is 19.4. The van der Waals surface area contributed by atoms with E-state index in [4.69, 9.17) is 0 Å². The lowest BCUT2D eigenvalue weighted by Gasteiger charge is -2.45. The highest BCUT2D eigenvalue weighted by molar-refractivity contribution is 5.89. The van der Waals surface area contributed by atoms with E-state index in [1.165, 1.54) is 4.90 Å². The first kappa shape index (κ1) is 23.0. The molecule has 8 nitrogen and oxygen atoms in total. The standard InChI is InChI=1S/C23H33N5O3/c1-7-27(23(30)31)21-12-16(2)28(6,17(3)29)22-9-8-18(13-20(21)22)19-14-24-26(15-19)11-10-25(4)5/h8-9,13-16,21H,7,10-12H2,1-6H3/p+1/t16-,21+,28?/m0/s1. The smallest absolute Gasteiger partial charge is 0.407 e. The maximum atomic E-state index is 12.7. The van der Waals surface area contributed by atoms with Crippen molar-refractivity contribution in [3.05, 3.63) is 36.2 Å². The second kappa shape index (κ2) is 8.80. The van der Waals surface area contributed by atoms with Gasteiger partial charge >= 0.3 is 12.0 Å². The number of carbonyl (C=O) groups excluding carboxylic acids is 1. The normalized spacial score (nSPS) is 22.9. The second-order valence-corrected chi connectivity index (χ2v) is 8.83. The van der Waals surface area contributed by atoms with Crippen LogP contribution in [0.5, 0.6) is 0 Å². The Morgan fingerprint density at radius 1 is 1.29 bits per heavy atom. The van der Waals surface area contributed by atoms with Crippen molar-refractivity contribution in [1.82, 2.24) is 24.1 Å². The SMILES string of the molecule is CCN(C(=O)O)[C@@H]1C[C@H](C)[N+](C)(C(C)=O)c2ccc(-c3cnn(CCN(C)C)c3)cc21. The summed E-state index contributed by atoms with van der Waals surface area (Å²) < 4.78 is 2.09. The largest absolute Gasteiger partial charge is 0.465 e. The molecule has 3 rings (SSSR count). The van der Waals surface area contributed by atoms with Gasteiger partial charge in [-0.3, -0.25) is 4.68 Å². The Bertz CT molecular complexity index is 970. The monoisotopic (exact) mass is 428 g/mol. The molecule has 1 N–H and O–H groups in total. The number of quaternary nitrogens is 1. The molecule has 0 spiro atoms. The molecule has 1 aromatic carbocycles. The Morgan fingerprint density at radius 3 is 2.58 bits per heavy atom. The predicted molar refractivity (Wildman–Crippen MR) is 122 cm³/mol. The summed E-state index contributed by atoms with van der Waals surface area (Å²) in [5.41, 5.74) is 3.73. The van der Waals surface area contributed by atoms with Crippen LogP contribution in [0.25, 0.3) is 11.1 Å². The number of hydrogen-bond donors (Lipinski definition) is 1. The minimum atomic E-state index is -0.938. The summed E-state index contributed by atoms with van der Waals surface area (Å²) in [4.78, 5) is 28.2. The average Bonchev–Trinajstić information content (AvgIpc) is 3.19. The number of rotatable bonds is 6. The number of hydrogen-bond acceptors (Lipinski definition) is 4. The van der Waals surface area contributed by atoms with Crippen molar-refractivity contribution in [1.29, 1.82) is 0 Å². The molecule has 8 heteroatoms. The van der Waals surface area contributed by atoms with E-state index in [9.17, 15) is 14.7 Å². The van der Waals surface area contributed by atoms with E-state index in [2.05, 4.69) is 10.00 Å². The summed E-state index contributed by atoms with van der Waals surface area (Å²) >= 11 is 0. The molecule has 0 radical (unpaired) electrons. The first-order valence-electron chi connectivity index (χ1n) is 10.8. The molecule has 0 bridgehead atoms. The van der Waals surface area contributed by atoms with Gasteiger partial charge in [-0.25, -0.2) is 14.1 Å². The Morgan fingerprint density at radius 2 is 2.00 bits per heavy atom. The van der Waals surface area contributed by atoms with Gasteiger partial charge in [-0.05, 0) is 45.6 Å². The van der Waals surface area contributed by atoms with Gasteiger partial charge in [-0.2, -0.15) is 5.10 Å². The number of carbonyl (C=O) groups is 2. The van der Waals surface area contributed by atoms with E-state index in [1.807, 2.05) is 70.3 Å². The van der Waals surface area contributed by atoms with Crippen LogP contribution in [0.1, 0.15) is 38.8 Å². The third-order valence-electron chi connectivity index (χ3n) is 6.69. The maximum Gasteiger partial charge on any atom is 0.407 e. The first-order chi connectivity index (χ1) is 14.6. The van der Waals surface area contributed by atoms with E-state index >= 15 is 0 Å². The van der Waals surface area contributed by atoms with E-state index in [1.54, 1.807) is 6.92 Å². The summed E-state index contributed by atoms with van der Waals surface area (Å²) in [6.45, 7) is 7.56. The molecule has 0 saturated carbocycles. The van der Waals surface area contributed by atoms with Crippen LogP contribution in [0.15, 0.2) is 30.6 Å². The molecule has 1 unspecified atom stereocenters. The lowest BCUT2D eigenvalue weighted by Crippen LogP contribution is -2.60. The van der Waals surface area contributed by atoms with E-state index in [0.717, 1.165) is 35.5 Å².